The third-order valence-corrected chi connectivity index (χ3v) is 3.56. The van der Waals surface area contributed by atoms with Crippen molar-refractivity contribution in [3.63, 3.8) is 0 Å². The molecule has 0 aliphatic carbocycles. The van der Waals surface area contributed by atoms with Crippen LogP contribution in [0.3, 0.4) is 0 Å². The standard InChI is InChI=1S/C12H5Cl3FN3/c13-7-3-5(16)1-2-6(7)11-17-9-4-8(14)10(15)18-12(9)19-11/h1-4H,(H,17,18,19). The summed E-state index contributed by atoms with van der Waals surface area (Å²) in [6.45, 7) is 0. The van der Waals surface area contributed by atoms with E-state index in [1.54, 1.807) is 12.1 Å². The quantitative estimate of drug-likeness (QED) is 0.660. The number of imidazole rings is 1. The number of hydrogen-bond acceptors (Lipinski definition) is 2. The Labute approximate surface area is 122 Å². The molecule has 19 heavy (non-hydrogen) atoms. The Morgan fingerprint density at radius 1 is 1.00 bits per heavy atom. The minimum atomic E-state index is -0.408. The van der Waals surface area contributed by atoms with E-state index >= 15 is 0 Å². The Hall–Kier alpha value is -1.36. The molecule has 2 heterocycles. The number of H-pyrrole nitrogens is 1. The van der Waals surface area contributed by atoms with E-state index in [4.69, 9.17) is 34.8 Å². The zero-order chi connectivity index (χ0) is 13.6. The summed E-state index contributed by atoms with van der Waals surface area (Å²) in [7, 11) is 0. The second-order valence-corrected chi connectivity index (χ2v) is 5.01. The molecule has 0 aliphatic heterocycles. The molecule has 96 valence electrons. The maximum atomic E-state index is 13.0. The van der Waals surface area contributed by atoms with Crippen molar-refractivity contribution in [1.29, 1.82) is 0 Å². The molecule has 0 spiro atoms. The average molecular weight is 317 g/mol. The van der Waals surface area contributed by atoms with E-state index in [1.165, 1.54) is 12.1 Å². The Morgan fingerprint density at radius 3 is 2.53 bits per heavy atom. The summed E-state index contributed by atoms with van der Waals surface area (Å²) in [4.78, 5) is 11.3. The number of nitrogens with one attached hydrogen (secondary N) is 1. The Balaban J connectivity index is 2.20. The number of fused-ring (bicyclic) bond motifs is 1. The molecule has 7 heteroatoms. The molecular formula is C12H5Cl3FN3. The molecule has 1 aromatic carbocycles. The number of rotatable bonds is 1. The summed E-state index contributed by atoms with van der Waals surface area (Å²) in [5, 5.41) is 0.767. The summed E-state index contributed by atoms with van der Waals surface area (Å²) in [5.74, 6) is 0.0694. The first kappa shape index (κ1) is 12.7. The summed E-state index contributed by atoms with van der Waals surface area (Å²) < 4.78 is 13.0. The number of hydrogen-bond donors (Lipinski definition) is 1. The fourth-order valence-electron chi connectivity index (χ4n) is 1.71. The lowest BCUT2D eigenvalue weighted by molar-refractivity contribution is 0.628. The first-order valence-corrected chi connectivity index (χ1v) is 6.35. The van der Waals surface area contributed by atoms with Crippen LogP contribution in [0.15, 0.2) is 24.3 Å². The van der Waals surface area contributed by atoms with Crippen LogP contribution in [-0.2, 0) is 0 Å². The molecule has 0 unspecified atom stereocenters. The largest absolute Gasteiger partial charge is 0.336 e. The van der Waals surface area contributed by atoms with Gasteiger partial charge in [-0.2, -0.15) is 0 Å². The van der Waals surface area contributed by atoms with Gasteiger partial charge in [0.05, 0.1) is 15.6 Å². The average Bonchev–Trinajstić information content (AvgIpc) is 2.72. The van der Waals surface area contributed by atoms with Gasteiger partial charge in [-0.05, 0) is 24.3 Å². The van der Waals surface area contributed by atoms with Crippen molar-refractivity contribution >= 4 is 46.0 Å². The number of pyridine rings is 1. The number of nitrogens with zero attached hydrogens (tertiary/aromatic N) is 2. The monoisotopic (exact) mass is 315 g/mol. The number of halogens is 4. The normalized spacial score (nSPS) is 11.2. The van der Waals surface area contributed by atoms with E-state index in [-0.39, 0.29) is 10.2 Å². The van der Waals surface area contributed by atoms with Gasteiger partial charge in [0.15, 0.2) is 5.65 Å². The van der Waals surface area contributed by atoms with Crippen molar-refractivity contribution in [2.75, 3.05) is 0 Å². The van der Waals surface area contributed by atoms with E-state index in [9.17, 15) is 4.39 Å². The highest BCUT2D eigenvalue weighted by molar-refractivity contribution is 6.41. The smallest absolute Gasteiger partial charge is 0.179 e. The second-order valence-electron chi connectivity index (χ2n) is 3.84. The van der Waals surface area contributed by atoms with Gasteiger partial charge < -0.3 is 4.98 Å². The first-order chi connectivity index (χ1) is 9.04. The Kier molecular flexibility index (Phi) is 3.09. The lowest BCUT2D eigenvalue weighted by Gasteiger charge is -1.99. The third-order valence-electron chi connectivity index (χ3n) is 2.57. The van der Waals surface area contributed by atoms with Gasteiger partial charge in [0.25, 0.3) is 0 Å². The number of benzene rings is 1. The Morgan fingerprint density at radius 2 is 1.79 bits per heavy atom. The SMILES string of the molecule is Fc1ccc(-c2nc3nc(Cl)c(Cl)cc3[nH]2)c(Cl)c1. The van der Waals surface area contributed by atoms with E-state index < -0.39 is 5.82 Å². The van der Waals surface area contributed by atoms with Crippen LogP contribution in [0, 0.1) is 5.82 Å². The molecule has 2 aromatic heterocycles. The molecular weight excluding hydrogens is 312 g/mol. The molecule has 0 amide bonds. The molecule has 0 radical (unpaired) electrons. The summed E-state index contributed by atoms with van der Waals surface area (Å²) in [6.07, 6.45) is 0. The van der Waals surface area contributed by atoms with Gasteiger partial charge in [-0.25, -0.2) is 14.4 Å². The molecule has 1 N–H and O–H groups in total. The van der Waals surface area contributed by atoms with E-state index in [0.717, 1.165) is 0 Å². The topological polar surface area (TPSA) is 41.6 Å². The molecule has 0 bridgehead atoms. The van der Waals surface area contributed by atoms with E-state index in [0.29, 0.717) is 27.6 Å². The van der Waals surface area contributed by atoms with Crippen LogP contribution < -0.4 is 0 Å². The fourth-order valence-corrected chi connectivity index (χ4v) is 2.25. The highest BCUT2D eigenvalue weighted by Crippen LogP contribution is 2.29. The van der Waals surface area contributed by atoms with Crippen molar-refractivity contribution in [3.8, 4) is 11.4 Å². The predicted molar refractivity (Wildman–Crippen MR) is 74.3 cm³/mol. The van der Waals surface area contributed by atoms with Crippen molar-refractivity contribution in [2.24, 2.45) is 0 Å². The molecule has 0 aliphatic rings. The van der Waals surface area contributed by atoms with Crippen LogP contribution in [-0.4, -0.2) is 15.0 Å². The van der Waals surface area contributed by atoms with Gasteiger partial charge in [0, 0.05) is 5.56 Å². The van der Waals surface area contributed by atoms with Crippen molar-refractivity contribution in [1.82, 2.24) is 15.0 Å². The molecule has 3 aromatic rings. The van der Waals surface area contributed by atoms with E-state index in [1.807, 2.05) is 0 Å². The number of aromatic amines is 1. The summed E-state index contributed by atoms with van der Waals surface area (Å²) in [6, 6.07) is 5.69. The minimum Gasteiger partial charge on any atom is -0.336 e. The molecule has 0 saturated heterocycles. The van der Waals surface area contributed by atoms with Crippen LogP contribution in [0.5, 0.6) is 0 Å². The fraction of sp³-hybridized carbons (Fsp3) is 0. The lowest BCUT2D eigenvalue weighted by atomic mass is 10.2. The Bertz CT molecular complexity index is 746. The van der Waals surface area contributed by atoms with Gasteiger partial charge in [-0.1, -0.05) is 34.8 Å². The van der Waals surface area contributed by atoms with Crippen LogP contribution in [0.1, 0.15) is 0 Å². The van der Waals surface area contributed by atoms with Gasteiger partial charge >= 0.3 is 0 Å². The van der Waals surface area contributed by atoms with Crippen molar-refractivity contribution < 1.29 is 4.39 Å². The zero-order valence-electron chi connectivity index (χ0n) is 9.22. The van der Waals surface area contributed by atoms with E-state index in [2.05, 4.69) is 15.0 Å². The molecule has 3 nitrogen and oxygen atoms in total. The number of aromatic nitrogens is 3. The maximum Gasteiger partial charge on any atom is 0.179 e. The molecule has 3 rings (SSSR count). The van der Waals surface area contributed by atoms with Crippen molar-refractivity contribution in [3.05, 3.63) is 45.3 Å². The van der Waals surface area contributed by atoms with Crippen LogP contribution in [0.4, 0.5) is 4.39 Å². The minimum absolute atomic E-state index is 0.178. The lowest BCUT2D eigenvalue weighted by Crippen LogP contribution is -1.83. The van der Waals surface area contributed by atoms with Crippen LogP contribution in [0.25, 0.3) is 22.6 Å². The van der Waals surface area contributed by atoms with Gasteiger partial charge in [0.1, 0.15) is 16.8 Å². The van der Waals surface area contributed by atoms with Gasteiger partial charge in [-0.3, -0.25) is 0 Å². The van der Waals surface area contributed by atoms with Crippen LogP contribution in [0.2, 0.25) is 15.2 Å². The molecule has 0 fully saturated rings. The highest BCUT2D eigenvalue weighted by atomic mass is 35.5. The van der Waals surface area contributed by atoms with Crippen molar-refractivity contribution in [2.45, 2.75) is 0 Å². The van der Waals surface area contributed by atoms with Crippen LogP contribution >= 0.6 is 34.8 Å². The summed E-state index contributed by atoms with van der Waals surface area (Å²) in [5.41, 5.74) is 1.63. The van der Waals surface area contributed by atoms with Gasteiger partial charge in [-0.15, -0.1) is 0 Å². The zero-order valence-corrected chi connectivity index (χ0v) is 11.5. The first-order valence-electron chi connectivity index (χ1n) is 5.22. The predicted octanol–water partition coefficient (Wildman–Crippen LogP) is 4.72. The summed E-state index contributed by atoms with van der Waals surface area (Å²) >= 11 is 17.7. The highest BCUT2D eigenvalue weighted by Gasteiger charge is 2.12. The maximum absolute atomic E-state index is 13.0. The van der Waals surface area contributed by atoms with Gasteiger partial charge in [0.2, 0.25) is 0 Å². The molecule has 0 saturated carbocycles. The molecule has 0 atom stereocenters. The second kappa shape index (κ2) is 4.63. The third kappa shape index (κ3) is 2.27.